The molecule has 0 fully saturated rings. The maximum atomic E-state index is 12.2. The molecule has 21 heavy (non-hydrogen) atoms. The zero-order chi connectivity index (χ0) is 15.2. The summed E-state index contributed by atoms with van der Waals surface area (Å²) in [6.45, 7) is 6.60. The summed E-state index contributed by atoms with van der Waals surface area (Å²) in [7, 11) is 0. The van der Waals surface area contributed by atoms with Crippen LogP contribution in [-0.2, 0) is 4.79 Å². The highest BCUT2D eigenvalue weighted by atomic mass is 32.2. The smallest absolute Gasteiger partial charge is 0.242 e. The first-order valence-electron chi connectivity index (χ1n) is 6.88. The van der Waals surface area contributed by atoms with Gasteiger partial charge in [0, 0.05) is 30.6 Å². The molecule has 8 heteroatoms. The van der Waals surface area contributed by atoms with Gasteiger partial charge in [-0.15, -0.1) is 0 Å². The molecule has 2 aromatic heterocycles. The van der Waals surface area contributed by atoms with Gasteiger partial charge in [0.15, 0.2) is 5.16 Å². The Bertz CT molecular complexity index is 565. The molecule has 0 aromatic carbocycles. The molecular weight excluding hydrogens is 288 g/mol. The van der Waals surface area contributed by atoms with Gasteiger partial charge in [-0.1, -0.05) is 25.6 Å². The molecule has 114 valence electrons. The van der Waals surface area contributed by atoms with E-state index in [9.17, 15) is 4.79 Å². The van der Waals surface area contributed by atoms with Crippen LogP contribution in [0.3, 0.4) is 0 Å². The molecule has 0 aliphatic carbocycles. The molecule has 0 aliphatic heterocycles. The van der Waals surface area contributed by atoms with Crippen LogP contribution < -0.4 is 5.32 Å². The van der Waals surface area contributed by atoms with Gasteiger partial charge in [-0.25, -0.2) is 9.97 Å². The van der Waals surface area contributed by atoms with E-state index in [1.54, 1.807) is 6.20 Å². The SMILES string of the molecule is CC(C)c1nccn1[C@H](C)C(=O)NCCSc1ncn[nH]1. The molecule has 0 saturated carbocycles. The fraction of sp³-hybridized carbons (Fsp3) is 0.538. The van der Waals surface area contributed by atoms with Crippen molar-refractivity contribution in [2.24, 2.45) is 0 Å². The van der Waals surface area contributed by atoms with Gasteiger partial charge in [0.05, 0.1) is 0 Å². The summed E-state index contributed by atoms with van der Waals surface area (Å²) in [5, 5.41) is 10.2. The van der Waals surface area contributed by atoms with Gasteiger partial charge in [-0.05, 0) is 6.92 Å². The Morgan fingerprint density at radius 2 is 2.24 bits per heavy atom. The summed E-state index contributed by atoms with van der Waals surface area (Å²) in [4.78, 5) is 20.5. The zero-order valence-corrected chi connectivity index (χ0v) is 13.2. The molecule has 2 N–H and O–H groups in total. The van der Waals surface area contributed by atoms with Crippen molar-refractivity contribution in [3.05, 3.63) is 24.5 Å². The number of thioether (sulfide) groups is 1. The number of rotatable bonds is 7. The van der Waals surface area contributed by atoms with Crippen LogP contribution in [0, 0.1) is 0 Å². The highest BCUT2D eigenvalue weighted by Gasteiger charge is 2.18. The lowest BCUT2D eigenvalue weighted by atomic mass is 10.2. The second-order valence-electron chi connectivity index (χ2n) is 4.95. The van der Waals surface area contributed by atoms with Crippen molar-refractivity contribution >= 4 is 17.7 Å². The van der Waals surface area contributed by atoms with Crippen molar-refractivity contribution in [2.75, 3.05) is 12.3 Å². The molecule has 0 spiro atoms. The number of hydrogen-bond donors (Lipinski definition) is 2. The van der Waals surface area contributed by atoms with Crippen molar-refractivity contribution in [1.29, 1.82) is 0 Å². The number of nitrogens with zero attached hydrogens (tertiary/aromatic N) is 4. The Morgan fingerprint density at radius 1 is 1.43 bits per heavy atom. The zero-order valence-electron chi connectivity index (χ0n) is 12.4. The number of imidazole rings is 1. The number of H-pyrrole nitrogens is 1. The third kappa shape index (κ3) is 4.07. The van der Waals surface area contributed by atoms with Crippen LogP contribution in [0.5, 0.6) is 0 Å². The van der Waals surface area contributed by atoms with Crippen LogP contribution in [0.25, 0.3) is 0 Å². The summed E-state index contributed by atoms with van der Waals surface area (Å²) < 4.78 is 1.92. The summed E-state index contributed by atoms with van der Waals surface area (Å²) in [5.41, 5.74) is 0. The van der Waals surface area contributed by atoms with E-state index in [1.165, 1.54) is 18.1 Å². The molecule has 0 aliphatic rings. The summed E-state index contributed by atoms with van der Waals surface area (Å²) in [5.74, 6) is 1.95. The number of amides is 1. The van der Waals surface area contributed by atoms with Gasteiger partial charge in [-0.2, -0.15) is 5.10 Å². The summed E-state index contributed by atoms with van der Waals surface area (Å²) in [6, 6.07) is -0.264. The Hall–Kier alpha value is -1.83. The molecular formula is C13H20N6OS. The van der Waals surface area contributed by atoms with Crippen LogP contribution in [0.1, 0.15) is 38.6 Å². The Balaban J connectivity index is 1.81. The van der Waals surface area contributed by atoms with Gasteiger partial charge in [0.2, 0.25) is 5.91 Å². The molecule has 2 rings (SSSR count). The molecule has 1 atom stereocenters. The van der Waals surface area contributed by atoms with Gasteiger partial charge in [-0.3, -0.25) is 9.89 Å². The molecule has 0 radical (unpaired) electrons. The van der Waals surface area contributed by atoms with Crippen molar-refractivity contribution in [3.63, 3.8) is 0 Å². The highest BCUT2D eigenvalue weighted by molar-refractivity contribution is 7.99. The second-order valence-corrected chi connectivity index (χ2v) is 6.04. The summed E-state index contributed by atoms with van der Waals surface area (Å²) in [6.07, 6.45) is 5.05. The van der Waals surface area contributed by atoms with Crippen molar-refractivity contribution in [2.45, 2.75) is 37.9 Å². The Kier molecular flexibility index (Phi) is 5.38. The van der Waals surface area contributed by atoms with E-state index in [4.69, 9.17) is 0 Å². The van der Waals surface area contributed by atoms with Gasteiger partial charge in [0.1, 0.15) is 18.2 Å². The number of aromatic amines is 1. The number of nitrogens with one attached hydrogen (secondary N) is 2. The quantitative estimate of drug-likeness (QED) is 0.599. The molecule has 0 unspecified atom stereocenters. The predicted molar refractivity (Wildman–Crippen MR) is 81.1 cm³/mol. The highest BCUT2D eigenvalue weighted by Crippen LogP contribution is 2.17. The summed E-state index contributed by atoms with van der Waals surface area (Å²) >= 11 is 1.52. The number of hydrogen-bond acceptors (Lipinski definition) is 5. The lowest BCUT2D eigenvalue weighted by Crippen LogP contribution is -2.33. The van der Waals surface area contributed by atoms with Crippen LogP contribution in [0.4, 0.5) is 0 Å². The molecule has 1 amide bonds. The molecule has 7 nitrogen and oxygen atoms in total. The number of carbonyl (C=O) groups is 1. The topological polar surface area (TPSA) is 88.5 Å². The number of aromatic nitrogens is 5. The minimum absolute atomic E-state index is 0.00642. The second kappa shape index (κ2) is 7.26. The average Bonchev–Trinajstić information content (AvgIpc) is 3.13. The van der Waals surface area contributed by atoms with Crippen LogP contribution in [0.2, 0.25) is 0 Å². The van der Waals surface area contributed by atoms with Crippen molar-refractivity contribution in [3.8, 4) is 0 Å². The van der Waals surface area contributed by atoms with Gasteiger partial charge < -0.3 is 9.88 Å². The lowest BCUT2D eigenvalue weighted by molar-refractivity contribution is -0.123. The first-order chi connectivity index (χ1) is 10.1. The van der Waals surface area contributed by atoms with E-state index in [2.05, 4.69) is 39.3 Å². The largest absolute Gasteiger partial charge is 0.353 e. The van der Waals surface area contributed by atoms with E-state index in [0.717, 1.165) is 16.7 Å². The maximum Gasteiger partial charge on any atom is 0.242 e. The Morgan fingerprint density at radius 3 is 2.90 bits per heavy atom. The predicted octanol–water partition coefficient (Wildman–Crippen LogP) is 1.59. The normalized spacial score (nSPS) is 12.6. The standard InChI is InChI=1S/C13H20N6OS/c1-9(2)11-14-4-6-19(11)10(3)12(20)15-5-7-21-13-16-8-17-18-13/h4,6,8-10H,5,7H2,1-3H3,(H,15,20)(H,16,17,18)/t10-/m1/s1. The maximum absolute atomic E-state index is 12.2. The van der Waals surface area contributed by atoms with E-state index in [0.29, 0.717) is 6.54 Å². The molecule has 0 saturated heterocycles. The van der Waals surface area contributed by atoms with Crippen LogP contribution in [-0.4, -0.2) is 42.9 Å². The third-order valence-electron chi connectivity index (χ3n) is 3.04. The van der Waals surface area contributed by atoms with E-state index >= 15 is 0 Å². The Labute approximate surface area is 127 Å². The minimum Gasteiger partial charge on any atom is -0.353 e. The monoisotopic (exact) mass is 308 g/mol. The van der Waals surface area contributed by atoms with E-state index < -0.39 is 0 Å². The molecule has 2 aromatic rings. The fourth-order valence-corrected chi connectivity index (χ4v) is 2.60. The van der Waals surface area contributed by atoms with Crippen LogP contribution in [0.15, 0.2) is 23.9 Å². The van der Waals surface area contributed by atoms with Gasteiger partial charge >= 0.3 is 0 Å². The molecule has 0 bridgehead atoms. The minimum atomic E-state index is -0.264. The number of carbonyl (C=O) groups excluding carboxylic acids is 1. The molecule has 2 heterocycles. The lowest BCUT2D eigenvalue weighted by Gasteiger charge is -2.17. The fourth-order valence-electron chi connectivity index (χ4n) is 1.96. The van der Waals surface area contributed by atoms with E-state index in [-0.39, 0.29) is 17.9 Å². The third-order valence-corrected chi connectivity index (χ3v) is 3.92. The van der Waals surface area contributed by atoms with Crippen molar-refractivity contribution in [1.82, 2.24) is 30.0 Å². The first kappa shape index (κ1) is 15.6. The van der Waals surface area contributed by atoms with E-state index in [1.807, 2.05) is 17.7 Å². The van der Waals surface area contributed by atoms with Crippen LogP contribution >= 0.6 is 11.8 Å². The van der Waals surface area contributed by atoms with Crippen molar-refractivity contribution < 1.29 is 4.79 Å². The average molecular weight is 308 g/mol. The first-order valence-corrected chi connectivity index (χ1v) is 7.86. The van der Waals surface area contributed by atoms with Gasteiger partial charge in [0.25, 0.3) is 0 Å².